The van der Waals surface area contributed by atoms with Gasteiger partial charge in [-0.15, -0.1) is 12.4 Å². The first kappa shape index (κ1) is 17.2. The maximum Gasteiger partial charge on any atom is 0.224 e. The second-order valence-corrected chi connectivity index (χ2v) is 4.75. The number of benzene rings is 1. The third kappa shape index (κ3) is 5.25. The molecule has 102 valence electrons. The lowest BCUT2D eigenvalue weighted by Crippen LogP contribution is -2.38. The molecule has 3 N–H and O–H groups in total. The predicted octanol–water partition coefficient (Wildman–Crippen LogP) is 1.89. The first-order valence-electron chi connectivity index (χ1n) is 5.38. The molecule has 0 aromatic heterocycles. The Morgan fingerprint density at radius 1 is 1.56 bits per heavy atom. The van der Waals surface area contributed by atoms with Crippen LogP contribution in [0.1, 0.15) is 12.5 Å². The zero-order valence-corrected chi connectivity index (χ0v) is 12.8. The molecule has 1 aromatic carbocycles. The number of nitrogens with two attached hydrogens (primary N) is 1. The van der Waals surface area contributed by atoms with Crippen LogP contribution in [0.4, 0.5) is 0 Å². The summed E-state index contributed by atoms with van der Waals surface area (Å²) in [6, 6.07) is 5.58. The fourth-order valence-electron chi connectivity index (χ4n) is 1.44. The van der Waals surface area contributed by atoms with Gasteiger partial charge in [0.1, 0.15) is 5.75 Å². The summed E-state index contributed by atoms with van der Waals surface area (Å²) in [5.41, 5.74) is 6.30. The van der Waals surface area contributed by atoms with E-state index in [0.29, 0.717) is 12.3 Å². The smallest absolute Gasteiger partial charge is 0.224 e. The van der Waals surface area contributed by atoms with Gasteiger partial charge in [0.15, 0.2) is 0 Å². The van der Waals surface area contributed by atoms with Gasteiger partial charge in [0.25, 0.3) is 0 Å². The van der Waals surface area contributed by atoms with E-state index in [0.717, 1.165) is 10.0 Å². The second-order valence-electron chi connectivity index (χ2n) is 3.84. The Balaban J connectivity index is 0.00000289. The van der Waals surface area contributed by atoms with Crippen LogP contribution in [0.5, 0.6) is 5.75 Å². The van der Waals surface area contributed by atoms with E-state index >= 15 is 0 Å². The molecule has 0 unspecified atom stereocenters. The number of nitrogens with one attached hydrogen (secondary N) is 1. The zero-order valence-electron chi connectivity index (χ0n) is 10.4. The lowest BCUT2D eigenvalue weighted by atomic mass is 10.1. The fraction of sp³-hybridized carbons (Fsp3) is 0.417. The van der Waals surface area contributed by atoms with Gasteiger partial charge in [-0.1, -0.05) is 15.9 Å². The lowest BCUT2D eigenvalue weighted by Gasteiger charge is -2.13. The molecule has 1 amide bonds. The monoisotopic (exact) mass is 336 g/mol. The van der Waals surface area contributed by atoms with Crippen LogP contribution in [0, 0.1) is 0 Å². The maximum absolute atomic E-state index is 11.7. The van der Waals surface area contributed by atoms with E-state index in [-0.39, 0.29) is 30.8 Å². The van der Waals surface area contributed by atoms with Crippen molar-refractivity contribution in [2.24, 2.45) is 5.73 Å². The van der Waals surface area contributed by atoms with E-state index in [1.54, 1.807) is 7.11 Å². The van der Waals surface area contributed by atoms with Crippen molar-refractivity contribution < 1.29 is 9.53 Å². The minimum absolute atomic E-state index is 0. The molecule has 0 fully saturated rings. The van der Waals surface area contributed by atoms with Crippen molar-refractivity contribution >= 4 is 34.2 Å². The van der Waals surface area contributed by atoms with Crippen molar-refractivity contribution in [1.82, 2.24) is 5.32 Å². The number of hydrogen-bond donors (Lipinski definition) is 2. The average molecular weight is 338 g/mol. The number of carbonyl (C=O) groups is 1. The molecule has 0 aliphatic heterocycles. The van der Waals surface area contributed by atoms with Gasteiger partial charge in [-0.3, -0.25) is 4.79 Å². The van der Waals surface area contributed by atoms with Gasteiger partial charge < -0.3 is 15.8 Å². The normalized spacial score (nSPS) is 11.3. The highest BCUT2D eigenvalue weighted by Crippen LogP contribution is 2.23. The average Bonchev–Trinajstić information content (AvgIpc) is 2.29. The molecule has 1 rings (SSSR count). The van der Waals surface area contributed by atoms with Crippen LogP contribution >= 0.6 is 28.3 Å². The van der Waals surface area contributed by atoms with E-state index in [4.69, 9.17) is 10.5 Å². The van der Waals surface area contributed by atoms with Crippen molar-refractivity contribution in [2.45, 2.75) is 19.4 Å². The summed E-state index contributed by atoms with van der Waals surface area (Å²) in [6.45, 7) is 2.30. The second kappa shape index (κ2) is 8.34. The van der Waals surface area contributed by atoms with Gasteiger partial charge in [-0.05, 0) is 25.1 Å². The van der Waals surface area contributed by atoms with E-state index in [1.165, 1.54) is 0 Å². The SMILES string of the molecule is COc1ccc(Br)cc1CC(=O)N[C@@H](C)CN.Cl. The third-order valence-corrected chi connectivity index (χ3v) is 2.85. The quantitative estimate of drug-likeness (QED) is 0.862. The van der Waals surface area contributed by atoms with E-state index in [2.05, 4.69) is 21.2 Å². The number of halogens is 2. The molecule has 0 bridgehead atoms. The maximum atomic E-state index is 11.7. The zero-order chi connectivity index (χ0) is 12.8. The van der Waals surface area contributed by atoms with E-state index in [9.17, 15) is 4.79 Å². The first-order chi connectivity index (χ1) is 8.06. The van der Waals surface area contributed by atoms with Crippen molar-refractivity contribution in [3.8, 4) is 5.75 Å². The summed E-state index contributed by atoms with van der Waals surface area (Å²) in [4.78, 5) is 11.7. The molecule has 0 aliphatic carbocycles. The number of carbonyl (C=O) groups excluding carboxylic acids is 1. The van der Waals surface area contributed by atoms with Crippen molar-refractivity contribution in [1.29, 1.82) is 0 Å². The van der Waals surface area contributed by atoms with Crippen LogP contribution in [0.15, 0.2) is 22.7 Å². The molecule has 0 saturated heterocycles. The molecule has 0 spiro atoms. The van der Waals surface area contributed by atoms with Crippen LogP contribution in [-0.4, -0.2) is 25.6 Å². The molecule has 1 atom stereocenters. The topological polar surface area (TPSA) is 64.3 Å². The van der Waals surface area contributed by atoms with Crippen molar-refractivity contribution in [3.63, 3.8) is 0 Å². The van der Waals surface area contributed by atoms with Crippen molar-refractivity contribution in [3.05, 3.63) is 28.2 Å². The highest BCUT2D eigenvalue weighted by molar-refractivity contribution is 9.10. The number of rotatable bonds is 5. The molecule has 0 heterocycles. The molecule has 6 heteroatoms. The van der Waals surface area contributed by atoms with Gasteiger partial charge in [-0.25, -0.2) is 0 Å². The van der Waals surface area contributed by atoms with Gasteiger partial charge in [-0.2, -0.15) is 0 Å². The van der Waals surface area contributed by atoms with E-state index in [1.807, 2.05) is 25.1 Å². The lowest BCUT2D eigenvalue weighted by molar-refractivity contribution is -0.121. The van der Waals surface area contributed by atoms with Crippen LogP contribution in [0.3, 0.4) is 0 Å². The number of amides is 1. The van der Waals surface area contributed by atoms with Gasteiger partial charge >= 0.3 is 0 Å². The third-order valence-electron chi connectivity index (χ3n) is 2.35. The van der Waals surface area contributed by atoms with Crippen molar-refractivity contribution in [2.75, 3.05) is 13.7 Å². The van der Waals surface area contributed by atoms with Gasteiger partial charge in [0.2, 0.25) is 5.91 Å². The Labute approximate surface area is 122 Å². The first-order valence-corrected chi connectivity index (χ1v) is 6.18. The molecule has 0 radical (unpaired) electrons. The van der Waals surface area contributed by atoms with E-state index < -0.39 is 0 Å². The Bertz CT molecular complexity index is 402. The summed E-state index contributed by atoms with van der Waals surface area (Å²) in [7, 11) is 1.59. The largest absolute Gasteiger partial charge is 0.496 e. The molecular formula is C12H18BrClN2O2. The fourth-order valence-corrected chi connectivity index (χ4v) is 1.85. The summed E-state index contributed by atoms with van der Waals surface area (Å²) in [5.74, 6) is 0.656. The Kier molecular flexibility index (Phi) is 7.98. The highest BCUT2D eigenvalue weighted by atomic mass is 79.9. The summed E-state index contributed by atoms with van der Waals surface area (Å²) in [5, 5.41) is 2.81. The summed E-state index contributed by atoms with van der Waals surface area (Å²) >= 11 is 3.37. The number of hydrogen-bond acceptors (Lipinski definition) is 3. The van der Waals surface area contributed by atoms with Crippen LogP contribution < -0.4 is 15.8 Å². The van der Waals surface area contributed by atoms with Crippen LogP contribution in [0.2, 0.25) is 0 Å². The Morgan fingerprint density at radius 2 is 2.22 bits per heavy atom. The van der Waals surface area contributed by atoms with Gasteiger partial charge in [0, 0.05) is 22.6 Å². The highest BCUT2D eigenvalue weighted by Gasteiger charge is 2.11. The molecule has 18 heavy (non-hydrogen) atoms. The van der Waals surface area contributed by atoms with Crippen LogP contribution in [0.25, 0.3) is 0 Å². The Hall–Kier alpha value is -0.780. The molecular weight excluding hydrogens is 320 g/mol. The summed E-state index contributed by atoms with van der Waals surface area (Å²) < 4.78 is 6.13. The predicted molar refractivity (Wildman–Crippen MR) is 78.3 cm³/mol. The Morgan fingerprint density at radius 3 is 2.78 bits per heavy atom. The standard InChI is InChI=1S/C12H17BrN2O2.ClH/c1-8(7-14)15-12(16)6-9-5-10(13)3-4-11(9)17-2;/h3-5,8H,6-7,14H2,1-2H3,(H,15,16);1H/t8-;/m0./s1. The van der Waals surface area contributed by atoms with Crippen LogP contribution in [-0.2, 0) is 11.2 Å². The number of ether oxygens (including phenoxy) is 1. The molecule has 0 saturated carbocycles. The molecule has 1 aromatic rings. The summed E-state index contributed by atoms with van der Waals surface area (Å²) in [6.07, 6.45) is 0.285. The van der Waals surface area contributed by atoms with Gasteiger partial charge in [0.05, 0.1) is 13.5 Å². The minimum Gasteiger partial charge on any atom is -0.496 e. The molecule has 0 aliphatic rings. The number of methoxy groups -OCH3 is 1. The minimum atomic E-state index is -0.0562. The molecule has 4 nitrogen and oxygen atoms in total.